The fourth-order valence-electron chi connectivity index (χ4n) is 2.48. The van der Waals surface area contributed by atoms with Gasteiger partial charge < -0.3 is 10.4 Å². The molecular formula is C20H18N2O4S. The largest absolute Gasteiger partial charge is 0.478 e. The van der Waals surface area contributed by atoms with Gasteiger partial charge in [-0.25, -0.2) is 17.9 Å². The summed E-state index contributed by atoms with van der Waals surface area (Å²) < 4.78 is 27.4. The first-order valence-electron chi connectivity index (χ1n) is 8.18. The van der Waals surface area contributed by atoms with E-state index < -0.39 is 16.0 Å². The van der Waals surface area contributed by atoms with E-state index in [4.69, 9.17) is 5.11 Å². The zero-order valence-corrected chi connectivity index (χ0v) is 15.1. The molecule has 0 fully saturated rings. The van der Waals surface area contributed by atoms with Gasteiger partial charge >= 0.3 is 5.97 Å². The Morgan fingerprint density at radius 3 is 2.19 bits per heavy atom. The van der Waals surface area contributed by atoms with E-state index in [1.807, 2.05) is 30.3 Å². The first-order valence-corrected chi connectivity index (χ1v) is 9.66. The molecule has 3 aromatic rings. The number of carboxylic acids is 1. The molecule has 6 nitrogen and oxygen atoms in total. The summed E-state index contributed by atoms with van der Waals surface area (Å²) >= 11 is 0. The number of anilines is 2. The minimum absolute atomic E-state index is 0.00741. The summed E-state index contributed by atoms with van der Waals surface area (Å²) in [5.74, 6) is -1.05. The number of carboxylic acid groups (broad SMARTS) is 1. The highest BCUT2D eigenvalue weighted by Crippen LogP contribution is 2.19. The first-order chi connectivity index (χ1) is 12.9. The lowest BCUT2D eigenvalue weighted by Gasteiger charge is -2.09. The molecule has 0 aliphatic rings. The van der Waals surface area contributed by atoms with E-state index in [-0.39, 0.29) is 17.0 Å². The van der Waals surface area contributed by atoms with Crippen LogP contribution < -0.4 is 10.0 Å². The van der Waals surface area contributed by atoms with E-state index in [1.54, 1.807) is 24.3 Å². The molecule has 138 valence electrons. The van der Waals surface area contributed by atoms with Crippen LogP contribution in [0.5, 0.6) is 0 Å². The first kappa shape index (κ1) is 18.6. The fourth-order valence-corrected chi connectivity index (χ4v) is 3.50. The van der Waals surface area contributed by atoms with Crippen LogP contribution in [0, 0.1) is 0 Å². The molecule has 0 saturated carbocycles. The molecule has 7 heteroatoms. The Balaban J connectivity index is 1.68. The highest BCUT2D eigenvalue weighted by Gasteiger charge is 2.14. The minimum Gasteiger partial charge on any atom is -0.478 e. The van der Waals surface area contributed by atoms with Gasteiger partial charge in [-0.2, -0.15) is 0 Å². The van der Waals surface area contributed by atoms with Crippen LogP contribution in [0.3, 0.4) is 0 Å². The molecule has 0 unspecified atom stereocenters. The van der Waals surface area contributed by atoms with Crippen molar-refractivity contribution in [1.29, 1.82) is 0 Å². The Morgan fingerprint density at radius 2 is 1.52 bits per heavy atom. The Hall–Kier alpha value is -3.16. The molecule has 0 radical (unpaired) electrons. The van der Waals surface area contributed by atoms with Crippen molar-refractivity contribution < 1.29 is 18.3 Å². The van der Waals surface area contributed by atoms with Crippen LogP contribution in [0.4, 0.5) is 11.4 Å². The maximum atomic E-state index is 12.4. The number of hydrogen-bond acceptors (Lipinski definition) is 4. The van der Waals surface area contributed by atoms with E-state index in [1.165, 1.54) is 24.3 Å². The zero-order valence-electron chi connectivity index (χ0n) is 14.3. The maximum Gasteiger partial charge on any atom is 0.335 e. The number of rotatable bonds is 7. The van der Waals surface area contributed by atoms with Gasteiger partial charge in [0, 0.05) is 17.9 Å². The zero-order chi connectivity index (χ0) is 19.3. The second kappa shape index (κ2) is 8.03. The summed E-state index contributed by atoms with van der Waals surface area (Å²) in [6.45, 7) is 0.00741. The molecule has 0 spiro atoms. The molecule has 3 rings (SSSR count). The topological polar surface area (TPSA) is 95.5 Å². The standard InChI is InChI=1S/C20H18N2O4S/c23-20(24)16-6-4-5-15(13-16)14-21-27(25,26)19-11-9-18(10-12-19)22-17-7-2-1-3-8-17/h1-13,21-22H,14H2,(H,23,24). The quantitative estimate of drug-likeness (QED) is 0.580. The van der Waals surface area contributed by atoms with Crippen LogP contribution in [-0.2, 0) is 16.6 Å². The third-order valence-corrected chi connectivity index (χ3v) is 5.28. The number of benzene rings is 3. The van der Waals surface area contributed by atoms with E-state index >= 15 is 0 Å². The molecule has 0 saturated heterocycles. The molecule has 0 atom stereocenters. The molecular weight excluding hydrogens is 364 g/mol. The van der Waals surface area contributed by atoms with Crippen molar-refractivity contribution in [2.45, 2.75) is 11.4 Å². The van der Waals surface area contributed by atoms with Gasteiger partial charge in [-0.3, -0.25) is 0 Å². The van der Waals surface area contributed by atoms with Crippen molar-refractivity contribution >= 4 is 27.4 Å². The maximum absolute atomic E-state index is 12.4. The van der Waals surface area contributed by atoms with Crippen molar-refractivity contribution in [3.8, 4) is 0 Å². The summed E-state index contributed by atoms with van der Waals surface area (Å²) in [5.41, 5.74) is 2.36. The lowest BCUT2D eigenvalue weighted by molar-refractivity contribution is 0.0696. The molecule has 0 bridgehead atoms. The number of sulfonamides is 1. The van der Waals surface area contributed by atoms with Crippen LogP contribution in [-0.4, -0.2) is 19.5 Å². The average molecular weight is 382 g/mol. The van der Waals surface area contributed by atoms with Crippen molar-refractivity contribution in [2.24, 2.45) is 0 Å². The predicted molar refractivity (Wildman–Crippen MR) is 104 cm³/mol. The van der Waals surface area contributed by atoms with E-state index in [2.05, 4.69) is 10.0 Å². The summed E-state index contributed by atoms with van der Waals surface area (Å²) in [5, 5.41) is 12.2. The Morgan fingerprint density at radius 1 is 0.852 bits per heavy atom. The predicted octanol–water partition coefficient (Wildman–Crippen LogP) is 3.61. The smallest absolute Gasteiger partial charge is 0.335 e. The normalized spacial score (nSPS) is 11.1. The number of para-hydroxylation sites is 1. The fraction of sp³-hybridized carbons (Fsp3) is 0.0500. The van der Waals surface area contributed by atoms with Gasteiger partial charge in [0.15, 0.2) is 0 Å². The lowest BCUT2D eigenvalue weighted by Crippen LogP contribution is -2.23. The number of nitrogens with one attached hydrogen (secondary N) is 2. The van der Waals surface area contributed by atoms with Crippen LogP contribution in [0.2, 0.25) is 0 Å². The molecule has 3 aromatic carbocycles. The van der Waals surface area contributed by atoms with Crippen LogP contribution in [0.1, 0.15) is 15.9 Å². The Labute approximate surface area is 157 Å². The molecule has 0 amide bonds. The second-order valence-electron chi connectivity index (χ2n) is 5.85. The molecule has 0 heterocycles. The van der Waals surface area contributed by atoms with Gasteiger partial charge in [0.05, 0.1) is 10.5 Å². The van der Waals surface area contributed by atoms with Gasteiger partial charge in [-0.05, 0) is 54.1 Å². The Kier molecular flexibility index (Phi) is 5.54. The van der Waals surface area contributed by atoms with Crippen LogP contribution in [0.25, 0.3) is 0 Å². The van der Waals surface area contributed by atoms with Crippen LogP contribution >= 0.6 is 0 Å². The number of hydrogen-bond donors (Lipinski definition) is 3. The van der Waals surface area contributed by atoms with Gasteiger partial charge in [0.25, 0.3) is 0 Å². The van der Waals surface area contributed by atoms with Crippen molar-refractivity contribution in [1.82, 2.24) is 4.72 Å². The molecule has 0 aliphatic heterocycles. The minimum atomic E-state index is -3.71. The summed E-state index contributed by atoms with van der Waals surface area (Å²) in [6.07, 6.45) is 0. The monoisotopic (exact) mass is 382 g/mol. The van der Waals surface area contributed by atoms with E-state index in [9.17, 15) is 13.2 Å². The van der Waals surface area contributed by atoms with E-state index in [0.717, 1.165) is 11.4 Å². The van der Waals surface area contributed by atoms with Gasteiger partial charge in [0.2, 0.25) is 10.0 Å². The summed E-state index contributed by atoms with van der Waals surface area (Å²) in [7, 11) is -3.71. The number of aromatic carboxylic acids is 1. The summed E-state index contributed by atoms with van der Waals surface area (Å²) in [6, 6.07) is 22.1. The molecule has 27 heavy (non-hydrogen) atoms. The third kappa shape index (κ3) is 4.93. The molecule has 0 aliphatic carbocycles. The second-order valence-corrected chi connectivity index (χ2v) is 7.61. The van der Waals surface area contributed by atoms with Crippen molar-refractivity contribution in [3.63, 3.8) is 0 Å². The SMILES string of the molecule is O=C(O)c1cccc(CNS(=O)(=O)c2ccc(Nc3ccccc3)cc2)c1. The highest BCUT2D eigenvalue weighted by molar-refractivity contribution is 7.89. The summed E-state index contributed by atoms with van der Waals surface area (Å²) in [4.78, 5) is 11.1. The van der Waals surface area contributed by atoms with Crippen LogP contribution in [0.15, 0.2) is 83.8 Å². The average Bonchev–Trinajstić information content (AvgIpc) is 2.68. The van der Waals surface area contributed by atoms with E-state index in [0.29, 0.717) is 5.56 Å². The lowest BCUT2D eigenvalue weighted by atomic mass is 10.1. The molecule has 3 N–H and O–H groups in total. The van der Waals surface area contributed by atoms with Gasteiger partial charge in [0.1, 0.15) is 0 Å². The van der Waals surface area contributed by atoms with Crippen molar-refractivity contribution in [2.75, 3.05) is 5.32 Å². The highest BCUT2D eigenvalue weighted by atomic mass is 32.2. The van der Waals surface area contributed by atoms with Gasteiger partial charge in [-0.15, -0.1) is 0 Å². The molecule has 0 aromatic heterocycles. The third-order valence-electron chi connectivity index (χ3n) is 3.87. The van der Waals surface area contributed by atoms with Gasteiger partial charge in [-0.1, -0.05) is 30.3 Å². The van der Waals surface area contributed by atoms with Crippen molar-refractivity contribution in [3.05, 3.63) is 90.0 Å². The number of carbonyl (C=O) groups is 1. The Bertz CT molecular complexity index is 1030.